The Labute approximate surface area is 175 Å². The van der Waals surface area contributed by atoms with Crippen molar-refractivity contribution >= 4 is 38.9 Å². The average Bonchev–Trinajstić information content (AvgIpc) is 3.18. The third-order valence-corrected chi connectivity index (χ3v) is 6.26. The van der Waals surface area contributed by atoms with Crippen molar-refractivity contribution in [3.05, 3.63) is 53.1 Å². The van der Waals surface area contributed by atoms with Crippen molar-refractivity contribution < 1.29 is 17.9 Å². The maximum absolute atomic E-state index is 12.6. The van der Waals surface area contributed by atoms with Crippen LogP contribution in [0.3, 0.4) is 0 Å². The summed E-state index contributed by atoms with van der Waals surface area (Å²) in [5.74, 6) is 0.311. The Hall–Kier alpha value is -2.33. The molecule has 1 saturated heterocycles. The zero-order valence-corrected chi connectivity index (χ0v) is 17.6. The molecule has 1 aliphatic heterocycles. The van der Waals surface area contributed by atoms with Crippen LogP contribution in [0, 0.1) is 6.92 Å². The fraction of sp³-hybridized carbons (Fsp3) is 0.316. The van der Waals surface area contributed by atoms with Gasteiger partial charge < -0.3 is 10.1 Å². The molecule has 2 aromatic rings. The van der Waals surface area contributed by atoms with Gasteiger partial charge in [0.2, 0.25) is 15.9 Å². The third kappa shape index (κ3) is 5.39. The monoisotopic (exact) mass is 438 g/mol. The fourth-order valence-corrected chi connectivity index (χ4v) is 4.32. The van der Waals surface area contributed by atoms with E-state index in [-0.39, 0.29) is 12.3 Å². The van der Waals surface area contributed by atoms with Crippen molar-refractivity contribution in [2.75, 3.05) is 16.6 Å². The summed E-state index contributed by atoms with van der Waals surface area (Å²) in [6, 6.07) is 11.1. The van der Waals surface area contributed by atoms with E-state index in [2.05, 4.69) is 20.9 Å². The summed E-state index contributed by atoms with van der Waals surface area (Å²) in [6.45, 7) is 4.25. The molecular weight excluding hydrogens is 416 g/mol. The zero-order valence-electron chi connectivity index (χ0n) is 16.0. The van der Waals surface area contributed by atoms with Crippen molar-refractivity contribution in [3.63, 3.8) is 0 Å². The predicted molar refractivity (Wildman–Crippen MR) is 113 cm³/mol. The van der Waals surface area contributed by atoms with Crippen LogP contribution in [0.2, 0.25) is 5.02 Å². The molecular formula is C19H23ClN4O4S. The normalized spacial score (nSPS) is 19.0. The molecule has 0 aromatic heterocycles. The van der Waals surface area contributed by atoms with Gasteiger partial charge in [-0.15, -0.1) is 0 Å². The van der Waals surface area contributed by atoms with E-state index in [1.54, 1.807) is 42.5 Å². The average molecular weight is 439 g/mol. The van der Waals surface area contributed by atoms with Crippen molar-refractivity contribution in [3.8, 4) is 5.75 Å². The molecule has 156 valence electrons. The van der Waals surface area contributed by atoms with Gasteiger partial charge in [0.1, 0.15) is 17.2 Å². The maximum Gasteiger partial charge on any atom is 0.250 e. The number of hydrogen-bond donors (Lipinski definition) is 4. The lowest BCUT2D eigenvalue weighted by molar-refractivity contribution is -0.117. The van der Waals surface area contributed by atoms with E-state index < -0.39 is 21.4 Å². The summed E-state index contributed by atoms with van der Waals surface area (Å²) in [5.41, 5.74) is 7.28. The van der Waals surface area contributed by atoms with Crippen LogP contribution in [-0.2, 0) is 14.8 Å². The summed E-state index contributed by atoms with van der Waals surface area (Å²) in [6.07, 6.45) is 0.0673. The van der Waals surface area contributed by atoms with Crippen LogP contribution >= 0.6 is 11.6 Å². The highest BCUT2D eigenvalue weighted by Gasteiger charge is 2.37. The van der Waals surface area contributed by atoms with Crippen LogP contribution in [0.1, 0.15) is 18.9 Å². The first kappa shape index (κ1) is 21.4. The van der Waals surface area contributed by atoms with Crippen LogP contribution in [0.4, 0.5) is 11.4 Å². The molecule has 2 aromatic carbocycles. The van der Waals surface area contributed by atoms with Crippen LogP contribution in [0.5, 0.6) is 5.75 Å². The Morgan fingerprint density at radius 2 is 1.93 bits per heavy atom. The first-order valence-corrected chi connectivity index (χ1v) is 11.0. The third-order valence-electron chi connectivity index (χ3n) is 4.44. The Bertz CT molecular complexity index is 982. The molecule has 1 heterocycles. The van der Waals surface area contributed by atoms with E-state index in [0.717, 1.165) is 5.56 Å². The lowest BCUT2D eigenvalue weighted by Crippen LogP contribution is -2.42. The van der Waals surface area contributed by atoms with Crippen molar-refractivity contribution in [1.29, 1.82) is 0 Å². The van der Waals surface area contributed by atoms with Gasteiger partial charge in [0.25, 0.3) is 0 Å². The van der Waals surface area contributed by atoms with E-state index in [0.29, 0.717) is 28.8 Å². The minimum atomic E-state index is -3.76. The number of carbonyl (C=O) groups excluding carboxylic acids is 1. The highest BCUT2D eigenvalue weighted by atomic mass is 35.5. The highest BCUT2D eigenvalue weighted by molar-refractivity contribution is 7.93. The predicted octanol–water partition coefficient (Wildman–Crippen LogP) is 2.62. The molecule has 29 heavy (non-hydrogen) atoms. The molecule has 1 amide bonds. The summed E-state index contributed by atoms with van der Waals surface area (Å²) >= 11 is 5.97. The number of anilines is 2. The molecule has 2 atom stereocenters. The van der Waals surface area contributed by atoms with Crippen LogP contribution in [0.15, 0.2) is 42.5 Å². The second-order valence-electron chi connectivity index (χ2n) is 6.62. The molecule has 0 bridgehead atoms. The number of benzene rings is 2. The van der Waals surface area contributed by atoms with Crippen molar-refractivity contribution in [2.45, 2.75) is 31.7 Å². The number of rotatable bonds is 7. The van der Waals surface area contributed by atoms with Gasteiger partial charge in [0.05, 0.1) is 6.61 Å². The number of hydrogen-bond acceptors (Lipinski definition) is 6. The zero-order chi connectivity index (χ0) is 21.0. The summed E-state index contributed by atoms with van der Waals surface area (Å²) in [5, 5.41) is 2.31. The Kier molecular flexibility index (Phi) is 6.63. The topological polar surface area (TPSA) is 109 Å². The van der Waals surface area contributed by atoms with Crippen molar-refractivity contribution in [2.24, 2.45) is 0 Å². The molecule has 0 spiro atoms. The molecule has 1 fully saturated rings. The Balaban J connectivity index is 1.61. The van der Waals surface area contributed by atoms with Crippen LogP contribution < -0.4 is 25.6 Å². The van der Waals surface area contributed by atoms with Gasteiger partial charge in [-0.1, -0.05) is 17.7 Å². The molecule has 0 saturated carbocycles. The van der Waals surface area contributed by atoms with Crippen LogP contribution in [0.25, 0.3) is 0 Å². The summed E-state index contributed by atoms with van der Waals surface area (Å²) < 4.78 is 33.2. The van der Waals surface area contributed by atoms with E-state index in [9.17, 15) is 13.2 Å². The molecule has 1 aliphatic rings. The van der Waals surface area contributed by atoms with Crippen LogP contribution in [-0.4, -0.2) is 32.3 Å². The van der Waals surface area contributed by atoms with Gasteiger partial charge in [0, 0.05) is 22.8 Å². The molecule has 4 N–H and O–H groups in total. The molecule has 10 heteroatoms. The van der Waals surface area contributed by atoms with Gasteiger partial charge in [-0.3, -0.25) is 9.52 Å². The molecule has 0 radical (unpaired) electrons. The highest BCUT2D eigenvalue weighted by Crippen LogP contribution is 2.22. The number of hydrazine groups is 1. The number of carbonyl (C=O) groups is 1. The maximum atomic E-state index is 12.6. The van der Waals surface area contributed by atoms with Gasteiger partial charge in [-0.2, -0.15) is 0 Å². The number of halogens is 1. The number of amides is 1. The lowest BCUT2D eigenvalue weighted by Gasteiger charge is -2.14. The first-order chi connectivity index (χ1) is 13.8. The van der Waals surface area contributed by atoms with Gasteiger partial charge in [-0.25, -0.2) is 19.3 Å². The van der Waals surface area contributed by atoms with E-state index in [1.807, 2.05) is 13.8 Å². The fourth-order valence-electron chi connectivity index (χ4n) is 2.87. The SMILES string of the molecule is CCOc1ccc(NS(=O)(=O)C2CC(C(=O)Nc3cc(Cl)ccc3C)NN2)cc1. The standard InChI is InChI=1S/C19H23ClN4O4S/c1-3-28-15-8-6-14(7-9-15)24-29(26,27)18-11-17(22-23-18)19(25)21-16-10-13(20)5-4-12(16)2/h4-10,17-18,22-24H,3,11H2,1-2H3,(H,21,25). The number of nitrogens with one attached hydrogen (secondary N) is 4. The quantitative estimate of drug-likeness (QED) is 0.529. The minimum Gasteiger partial charge on any atom is -0.494 e. The van der Waals surface area contributed by atoms with E-state index in [1.165, 1.54) is 0 Å². The smallest absolute Gasteiger partial charge is 0.250 e. The largest absolute Gasteiger partial charge is 0.494 e. The lowest BCUT2D eigenvalue weighted by atomic mass is 10.1. The Morgan fingerprint density at radius 1 is 1.21 bits per heavy atom. The second-order valence-corrected chi connectivity index (χ2v) is 8.92. The number of ether oxygens (including phenoxy) is 1. The summed E-state index contributed by atoms with van der Waals surface area (Å²) in [7, 11) is -3.76. The number of sulfonamides is 1. The summed E-state index contributed by atoms with van der Waals surface area (Å²) in [4.78, 5) is 12.5. The molecule has 0 aliphatic carbocycles. The van der Waals surface area contributed by atoms with Crippen molar-refractivity contribution in [1.82, 2.24) is 10.9 Å². The first-order valence-electron chi connectivity index (χ1n) is 9.11. The minimum absolute atomic E-state index is 0.0673. The van der Waals surface area contributed by atoms with E-state index >= 15 is 0 Å². The molecule has 3 rings (SSSR count). The number of aryl methyl sites for hydroxylation is 1. The molecule has 2 unspecified atom stereocenters. The Morgan fingerprint density at radius 3 is 2.62 bits per heavy atom. The van der Waals surface area contributed by atoms with Gasteiger partial charge in [-0.05, 0) is 55.8 Å². The second kappa shape index (κ2) is 9.00. The van der Waals surface area contributed by atoms with E-state index in [4.69, 9.17) is 16.3 Å². The van der Waals surface area contributed by atoms with Gasteiger partial charge >= 0.3 is 0 Å². The van der Waals surface area contributed by atoms with Gasteiger partial charge in [0.15, 0.2) is 0 Å². The molecule has 8 nitrogen and oxygen atoms in total.